The number of fused-ring (bicyclic) bond motifs is 1. The number of carbonyl (C=O) groups excluding carboxylic acids is 3. The first-order chi connectivity index (χ1) is 18.9. The molecule has 0 radical (unpaired) electrons. The predicted molar refractivity (Wildman–Crippen MR) is 159 cm³/mol. The quantitative estimate of drug-likeness (QED) is 0.207. The van der Waals surface area contributed by atoms with Crippen molar-refractivity contribution >= 4 is 28.5 Å². The van der Waals surface area contributed by atoms with E-state index in [2.05, 4.69) is 58.6 Å². The molecule has 1 aromatic heterocycles. The molecule has 0 saturated heterocycles. The van der Waals surface area contributed by atoms with Gasteiger partial charge in [0.25, 0.3) is 0 Å². The van der Waals surface area contributed by atoms with Crippen molar-refractivity contribution in [1.82, 2.24) is 20.5 Å². The van der Waals surface area contributed by atoms with E-state index in [1.807, 2.05) is 30.3 Å². The van der Waals surface area contributed by atoms with E-state index in [9.17, 15) is 14.4 Å². The summed E-state index contributed by atoms with van der Waals surface area (Å²) in [5, 5.41) is 7.21. The molecule has 7 heteroatoms. The number of aromatic amines is 1. The van der Waals surface area contributed by atoms with Crippen molar-refractivity contribution in [3.05, 3.63) is 60.2 Å². The first kappa shape index (κ1) is 30.1. The molecular formula is C32H44N4O3. The van der Waals surface area contributed by atoms with Gasteiger partial charge in [0.15, 0.2) is 0 Å². The normalized spacial score (nSPS) is 12.0. The highest BCUT2D eigenvalue weighted by atomic mass is 16.2. The standard InChI is InChI=1S/C32H44N4O3/c1-4-36(5-2)23-21-30(38)34-29(19-11-6-8-14-24(3)37)32(39)33-22-20-27-26-17-12-13-18-28(26)35-31(27)25-15-9-7-10-16-25/h7,9-10,12-13,15-18,29,35H,4-6,8,11,14,19-23H2,1-3H3,(H,33,39)(H,34,38)/t29-/m0/s1. The van der Waals surface area contributed by atoms with Crippen LogP contribution in [-0.4, -0.2) is 59.7 Å². The number of hydrogen-bond acceptors (Lipinski definition) is 4. The minimum absolute atomic E-state index is 0.103. The number of hydrogen-bond donors (Lipinski definition) is 3. The summed E-state index contributed by atoms with van der Waals surface area (Å²) in [6.07, 6.45) is 4.59. The highest BCUT2D eigenvalue weighted by Gasteiger charge is 2.21. The number of rotatable bonds is 17. The maximum atomic E-state index is 13.2. The molecule has 1 heterocycles. The van der Waals surface area contributed by atoms with E-state index in [1.54, 1.807) is 6.92 Å². The van der Waals surface area contributed by atoms with Crippen molar-refractivity contribution < 1.29 is 14.4 Å². The minimum atomic E-state index is -0.580. The molecule has 3 N–H and O–H groups in total. The number of Topliss-reactive ketones (excluding diaryl/α,β-unsaturated/α-hetero) is 1. The van der Waals surface area contributed by atoms with Crippen LogP contribution in [0.5, 0.6) is 0 Å². The summed E-state index contributed by atoms with van der Waals surface area (Å²) in [6, 6.07) is 17.9. The Bertz CT molecular complexity index is 1200. The second-order valence-electron chi connectivity index (χ2n) is 10.1. The van der Waals surface area contributed by atoms with Gasteiger partial charge in [-0.05, 0) is 56.5 Å². The van der Waals surface area contributed by atoms with Crippen LogP contribution in [0.4, 0.5) is 0 Å². The number of nitrogens with zero attached hydrogens (tertiary/aromatic N) is 1. The van der Waals surface area contributed by atoms with Crippen LogP contribution in [0, 0.1) is 0 Å². The lowest BCUT2D eigenvalue weighted by Crippen LogP contribution is -2.47. The van der Waals surface area contributed by atoms with Gasteiger partial charge in [-0.1, -0.05) is 75.2 Å². The van der Waals surface area contributed by atoms with E-state index in [1.165, 1.54) is 5.56 Å². The van der Waals surface area contributed by atoms with Crippen LogP contribution >= 0.6 is 0 Å². The average Bonchev–Trinajstić information content (AvgIpc) is 3.31. The first-order valence-corrected chi connectivity index (χ1v) is 14.4. The molecule has 2 amide bonds. The summed E-state index contributed by atoms with van der Waals surface area (Å²) < 4.78 is 0. The Morgan fingerprint density at radius 2 is 1.62 bits per heavy atom. The number of nitrogens with one attached hydrogen (secondary N) is 3. The zero-order chi connectivity index (χ0) is 28.0. The highest BCUT2D eigenvalue weighted by Crippen LogP contribution is 2.30. The minimum Gasteiger partial charge on any atom is -0.354 e. The summed E-state index contributed by atoms with van der Waals surface area (Å²) in [5.41, 5.74) is 4.42. The van der Waals surface area contributed by atoms with E-state index in [4.69, 9.17) is 0 Å². The van der Waals surface area contributed by atoms with Crippen LogP contribution in [0.25, 0.3) is 22.2 Å². The number of benzene rings is 2. The van der Waals surface area contributed by atoms with Crippen LogP contribution in [0.15, 0.2) is 54.6 Å². The fourth-order valence-corrected chi connectivity index (χ4v) is 4.98. The molecule has 0 aliphatic heterocycles. The van der Waals surface area contributed by atoms with Gasteiger partial charge in [-0.3, -0.25) is 9.59 Å². The lowest BCUT2D eigenvalue weighted by atomic mass is 10.0. The topological polar surface area (TPSA) is 94.3 Å². The zero-order valence-electron chi connectivity index (χ0n) is 23.7. The van der Waals surface area contributed by atoms with Crippen molar-refractivity contribution in [3.8, 4) is 11.3 Å². The molecule has 0 fully saturated rings. The largest absolute Gasteiger partial charge is 0.354 e. The molecule has 39 heavy (non-hydrogen) atoms. The third-order valence-electron chi connectivity index (χ3n) is 7.27. The van der Waals surface area contributed by atoms with E-state index < -0.39 is 6.04 Å². The molecule has 0 unspecified atom stereocenters. The average molecular weight is 533 g/mol. The van der Waals surface area contributed by atoms with Crippen molar-refractivity contribution in [2.45, 2.75) is 71.8 Å². The predicted octanol–water partition coefficient (Wildman–Crippen LogP) is 5.25. The molecule has 3 aromatic rings. The number of ketones is 1. The van der Waals surface area contributed by atoms with Crippen molar-refractivity contribution in [1.29, 1.82) is 0 Å². The summed E-state index contributed by atoms with van der Waals surface area (Å²) in [4.78, 5) is 43.0. The SMILES string of the molecule is CCN(CC)CCC(=O)N[C@@H](CCCCCC(C)=O)C(=O)NCCc1c(-c2ccccc2)[nH]c2ccccc12. The van der Waals surface area contributed by atoms with Crippen LogP contribution in [0.1, 0.15) is 64.9 Å². The summed E-state index contributed by atoms with van der Waals surface area (Å²) in [7, 11) is 0. The van der Waals surface area contributed by atoms with Crippen LogP contribution in [-0.2, 0) is 20.8 Å². The van der Waals surface area contributed by atoms with Crippen molar-refractivity contribution in [2.24, 2.45) is 0 Å². The Morgan fingerprint density at radius 3 is 2.33 bits per heavy atom. The number of para-hydroxylation sites is 1. The first-order valence-electron chi connectivity index (χ1n) is 14.4. The second-order valence-corrected chi connectivity index (χ2v) is 10.1. The van der Waals surface area contributed by atoms with E-state index in [-0.39, 0.29) is 17.6 Å². The molecule has 1 atom stereocenters. The molecule has 0 aliphatic carbocycles. The number of carbonyl (C=O) groups is 3. The lowest BCUT2D eigenvalue weighted by Gasteiger charge is -2.21. The van der Waals surface area contributed by atoms with Gasteiger partial charge < -0.3 is 25.3 Å². The Balaban J connectivity index is 1.64. The fraction of sp³-hybridized carbons (Fsp3) is 0.469. The van der Waals surface area contributed by atoms with Crippen molar-refractivity contribution in [3.63, 3.8) is 0 Å². The third kappa shape index (κ3) is 9.36. The lowest BCUT2D eigenvalue weighted by molar-refractivity contribution is -0.129. The Morgan fingerprint density at radius 1 is 0.897 bits per heavy atom. The number of amides is 2. The van der Waals surface area contributed by atoms with Crippen LogP contribution in [0.3, 0.4) is 0 Å². The summed E-state index contributed by atoms with van der Waals surface area (Å²) >= 11 is 0. The molecule has 0 saturated carbocycles. The number of unbranched alkanes of at least 4 members (excludes halogenated alkanes) is 2. The van der Waals surface area contributed by atoms with Gasteiger partial charge in [0, 0.05) is 42.5 Å². The van der Waals surface area contributed by atoms with E-state index >= 15 is 0 Å². The fourth-order valence-electron chi connectivity index (χ4n) is 4.98. The third-order valence-corrected chi connectivity index (χ3v) is 7.27. The van der Waals surface area contributed by atoms with E-state index in [0.29, 0.717) is 38.8 Å². The molecule has 3 rings (SSSR count). The van der Waals surface area contributed by atoms with Gasteiger partial charge in [0.05, 0.1) is 0 Å². The monoisotopic (exact) mass is 532 g/mol. The Labute approximate surface area is 232 Å². The number of aromatic nitrogens is 1. The highest BCUT2D eigenvalue weighted by molar-refractivity contribution is 5.91. The van der Waals surface area contributed by atoms with Gasteiger partial charge in [-0.25, -0.2) is 0 Å². The Hall–Kier alpha value is -3.45. The summed E-state index contributed by atoms with van der Waals surface area (Å²) in [5.74, 6) is -0.0752. The van der Waals surface area contributed by atoms with E-state index in [0.717, 1.165) is 54.5 Å². The van der Waals surface area contributed by atoms with Crippen LogP contribution < -0.4 is 10.6 Å². The molecule has 7 nitrogen and oxygen atoms in total. The smallest absolute Gasteiger partial charge is 0.242 e. The Kier molecular flexibility index (Phi) is 12.2. The molecular weight excluding hydrogens is 488 g/mol. The second kappa shape index (κ2) is 15.8. The number of H-pyrrole nitrogens is 1. The van der Waals surface area contributed by atoms with Crippen LogP contribution in [0.2, 0.25) is 0 Å². The maximum Gasteiger partial charge on any atom is 0.242 e. The van der Waals surface area contributed by atoms with Gasteiger partial charge >= 0.3 is 0 Å². The zero-order valence-corrected chi connectivity index (χ0v) is 23.7. The molecule has 0 aliphatic rings. The summed E-state index contributed by atoms with van der Waals surface area (Å²) in [6.45, 7) is 8.69. The molecule has 0 bridgehead atoms. The molecule has 2 aromatic carbocycles. The van der Waals surface area contributed by atoms with Gasteiger partial charge in [-0.2, -0.15) is 0 Å². The van der Waals surface area contributed by atoms with Gasteiger partial charge in [-0.15, -0.1) is 0 Å². The van der Waals surface area contributed by atoms with Gasteiger partial charge in [0.1, 0.15) is 11.8 Å². The maximum absolute atomic E-state index is 13.2. The molecule has 210 valence electrons. The van der Waals surface area contributed by atoms with Crippen molar-refractivity contribution in [2.75, 3.05) is 26.2 Å². The van der Waals surface area contributed by atoms with Gasteiger partial charge in [0.2, 0.25) is 11.8 Å². The molecule has 0 spiro atoms.